The summed E-state index contributed by atoms with van der Waals surface area (Å²) in [7, 11) is 1.54. The lowest BCUT2D eigenvalue weighted by molar-refractivity contribution is -0.113. The number of hydrogen-bond donors (Lipinski definition) is 1. The van der Waals surface area contributed by atoms with Crippen molar-refractivity contribution in [2.75, 3.05) is 18.2 Å². The van der Waals surface area contributed by atoms with Crippen LogP contribution in [0.5, 0.6) is 5.75 Å². The number of fused-ring (bicyclic) bond motifs is 3. The fourth-order valence-electron chi connectivity index (χ4n) is 3.81. The Morgan fingerprint density at radius 3 is 2.57 bits per heavy atom. The number of thioether (sulfide) groups is 1. The molecule has 0 bridgehead atoms. The molecule has 0 radical (unpaired) electrons. The van der Waals surface area contributed by atoms with Crippen LogP contribution in [-0.4, -0.2) is 37.9 Å². The summed E-state index contributed by atoms with van der Waals surface area (Å²) >= 11 is 1.21. The van der Waals surface area contributed by atoms with Crippen molar-refractivity contribution < 1.29 is 13.9 Å². The Balaban J connectivity index is 1.49. The van der Waals surface area contributed by atoms with Gasteiger partial charge in [-0.25, -0.2) is 4.39 Å². The predicted molar refractivity (Wildman–Crippen MR) is 133 cm³/mol. The number of aromatic nitrogens is 4. The number of halogens is 1. The molecule has 0 aliphatic rings. The Bertz CT molecular complexity index is 1600. The lowest BCUT2D eigenvalue weighted by Gasteiger charge is -2.12. The van der Waals surface area contributed by atoms with Gasteiger partial charge >= 0.3 is 0 Å². The molecule has 8 nitrogen and oxygen atoms in total. The van der Waals surface area contributed by atoms with Crippen LogP contribution in [0.25, 0.3) is 16.7 Å². The van der Waals surface area contributed by atoms with Gasteiger partial charge in [-0.15, -0.1) is 10.2 Å². The van der Waals surface area contributed by atoms with Crippen LogP contribution < -0.4 is 15.6 Å². The molecule has 0 aliphatic heterocycles. The minimum Gasteiger partial charge on any atom is -0.495 e. The van der Waals surface area contributed by atoms with Crippen molar-refractivity contribution in [1.82, 2.24) is 19.2 Å². The first-order valence-corrected chi connectivity index (χ1v) is 11.7. The minimum atomic E-state index is -0.350. The first-order chi connectivity index (χ1) is 17.0. The standard InChI is InChI=1S/C25H20FN5O3S/c1-34-21-9-5-3-7-19(21)27-22(32)15-35-25-29-28-24-30(14-16-10-12-17(26)13-11-16)23(33)18-6-2-4-8-20(18)31(24)25/h2-13H,14-15H2,1H3,(H,27,32). The normalized spacial score (nSPS) is 11.1. The van der Waals surface area contributed by atoms with Crippen LogP contribution in [0.3, 0.4) is 0 Å². The molecular formula is C25H20FN5O3S. The van der Waals surface area contributed by atoms with Crippen molar-refractivity contribution in [2.24, 2.45) is 0 Å². The number of ether oxygens (including phenoxy) is 1. The quantitative estimate of drug-likeness (QED) is 0.348. The van der Waals surface area contributed by atoms with E-state index in [0.717, 1.165) is 5.56 Å². The highest BCUT2D eigenvalue weighted by Gasteiger charge is 2.18. The molecule has 5 aromatic rings. The number of nitrogens with one attached hydrogen (secondary N) is 1. The maximum Gasteiger partial charge on any atom is 0.263 e. The molecule has 1 N–H and O–H groups in total. The number of amides is 1. The summed E-state index contributed by atoms with van der Waals surface area (Å²) < 4.78 is 21.9. The Morgan fingerprint density at radius 2 is 1.77 bits per heavy atom. The van der Waals surface area contributed by atoms with Crippen molar-refractivity contribution >= 4 is 40.0 Å². The molecule has 0 spiro atoms. The topological polar surface area (TPSA) is 90.5 Å². The summed E-state index contributed by atoms with van der Waals surface area (Å²) in [6, 6.07) is 20.3. The van der Waals surface area contributed by atoms with E-state index in [1.165, 1.54) is 28.5 Å². The van der Waals surface area contributed by atoms with Gasteiger partial charge in [-0.05, 0) is 42.0 Å². The molecule has 0 unspecified atom stereocenters. The van der Waals surface area contributed by atoms with Crippen molar-refractivity contribution in [1.29, 1.82) is 0 Å². The number of rotatable bonds is 7. The molecular weight excluding hydrogens is 469 g/mol. The van der Waals surface area contributed by atoms with Crippen LogP contribution in [0.2, 0.25) is 0 Å². The molecule has 2 aromatic heterocycles. The third-order valence-corrected chi connectivity index (χ3v) is 6.37. The third kappa shape index (κ3) is 4.47. The maximum absolute atomic E-state index is 13.4. The number of methoxy groups -OCH3 is 1. The summed E-state index contributed by atoms with van der Waals surface area (Å²) in [5.74, 6) is 0.391. The van der Waals surface area contributed by atoms with Crippen LogP contribution in [0.15, 0.2) is 82.7 Å². The van der Waals surface area contributed by atoms with E-state index in [1.54, 1.807) is 47.9 Å². The van der Waals surface area contributed by atoms with Crippen molar-refractivity contribution in [3.8, 4) is 5.75 Å². The van der Waals surface area contributed by atoms with Crippen LogP contribution >= 0.6 is 11.8 Å². The summed E-state index contributed by atoms with van der Waals surface area (Å²) in [5, 5.41) is 12.3. The smallest absolute Gasteiger partial charge is 0.263 e. The molecule has 35 heavy (non-hydrogen) atoms. The number of benzene rings is 3. The van der Waals surface area contributed by atoms with Gasteiger partial charge in [-0.3, -0.25) is 18.6 Å². The van der Waals surface area contributed by atoms with E-state index >= 15 is 0 Å². The number of carbonyl (C=O) groups is 1. The summed E-state index contributed by atoms with van der Waals surface area (Å²) in [4.78, 5) is 25.9. The molecule has 1 amide bonds. The molecule has 0 atom stereocenters. The molecule has 176 valence electrons. The zero-order valence-electron chi connectivity index (χ0n) is 18.6. The number of carbonyl (C=O) groups excluding carboxylic acids is 1. The molecule has 5 rings (SSSR count). The minimum absolute atomic E-state index is 0.0737. The van der Waals surface area contributed by atoms with Gasteiger partial charge in [0.25, 0.3) is 5.56 Å². The number of nitrogens with zero attached hydrogens (tertiary/aromatic N) is 4. The second-order valence-corrected chi connectivity index (χ2v) is 8.63. The Labute approximate surface area is 203 Å². The fourth-order valence-corrected chi connectivity index (χ4v) is 4.55. The van der Waals surface area contributed by atoms with Crippen LogP contribution in [0, 0.1) is 5.82 Å². The van der Waals surface area contributed by atoms with Gasteiger partial charge in [0.15, 0.2) is 5.16 Å². The highest BCUT2D eigenvalue weighted by Crippen LogP contribution is 2.25. The monoisotopic (exact) mass is 489 g/mol. The van der Waals surface area contributed by atoms with Gasteiger partial charge in [0.1, 0.15) is 11.6 Å². The van der Waals surface area contributed by atoms with E-state index in [2.05, 4.69) is 15.5 Å². The molecule has 0 fully saturated rings. The van der Waals surface area contributed by atoms with E-state index in [-0.39, 0.29) is 29.6 Å². The third-order valence-electron chi connectivity index (χ3n) is 5.45. The van der Waals surface area contributed by atoms with E-state index in [4.69, 9.17) is 4.74 Å². The van der Waals surface area contributed by atoms with E-state index in [0.29, 0.717) is 33.3 Å². The number of anilines is 1. The van der Waals surface area contributed by atoms with Gasteiger partial charge < -0.3 is 10.1 Å². The van der Waals surface area contributed by atoms with Gasteiger partial charge in [-0.2, -0.15) is 0 Å². The van der Waals surface area contributed by atoms with E-state index < -0.39 is 0 Å². The summed E-state index contributed by atoms with van der Waals surface area (Å²) in [5.41, 5.74) is 1.74. The number of hydrogen-bond acceptors (Lipinski definition) is 6. The molecule has 2 heterocycles. The average Bonchev–Trinajstić information content (AvgIpc) is 3.31. The van der Waals surface area contributed by atoms with Crippen molar-refractivity contribution in [3.63, 3.8) is 0 Å². The largest absolute Gasteiger partial charge is 0.495 e. The molecule has 0 aliphatic carbocycles. The fraction of sp³-hybridized carbons (Fsp3) is 0.120. The number of para-hydroxylation sites is 3. The lowest BCUT2D eigenvalue weighted by Crippen LogP contribution is -2.24. The van der Waals surface area contributed by atoms with Crippen LogP contribution in [-0.2, 0) is 11.3 Å². The Kier molecular flexibility index (Phi) is 6.19. The molecule has 0 saturated heterocycles. The molecule has 3 aromatic carbocycles. The Morgan fingerprint density at radius 1 is 1.03 bits per heavy atom. The maximum atomic E-state index is 13.4. The van der Waals surface area contributed by atoms with Gasteiger partial charge in [0.05, 0.1) is 36.0 Å². The van der Waals surface area contributed by atoms with Gasteiger partial charge in [0.2, 0.25) is 11.7 Å². The summed E-state index contributed by atoms with van der Waals surface area (Å²) in [6.07, 6.45) is 0. The highest BCUT2D eigenvalue weighted by molar-refractivity contribution is 7.99. The van der Waals surface area contributed by atoms with Crippen LogP contribution in [0.4, 0.5) is 10.1 Å². The lowest BCUT2D eigenvalue weighted by atomic mass is 10.2. The predicted octanol–water partition coefficient (Wildman–Crippen LogP) is 3.97. The highest BCUT2D eigenvalue weighted by atomic mass is 32.2. The van der Waals surface area contributed by atoms with Gasteiger partial charge in [-0.1, -0.05) is 48.2 Å². The zero-order valence-corrected chi connectivity index (χ0v) is 19.5. The SMILES string of the molecule is COc1ccccc1NC(=O)CSc1nnc2n(Cc3ccc(F)cc3)c(=O)c3ccccc3n12. The van der Waals surface area contributed by atoms with Gasteiger partial charge in [0, 0.05) is 0 Å². The van der Waals surface area contributed by atoms with Crippen molar-refractivity contribution in [3.05, 3.63) is 94.5 Å². The van der Waals surface area contributed by atoms with Crippen LogP contribution in [0.1, 0.15) is 5.56 Å². The van der Waals surface area contributed by atoms with E-state index in [9.17, 15) is 14.0 Å². The van der Waals surface area contributed by atoms with E-state index in [1.807, 2.05) is 24.3 Å². The second-order valence-electron chi connectivity index (χ2n) is 7.69. The zero-order chi connectivity index (χ0) is 24.4. The first kappa shape index (κ1) is 22.6. The van der Waals surface area contributed by atoms with Crippen molar-refractivity contribution in [2.45, 2.75) is 11.7 Å². The first-order valence-electron chi connectivity index (χ1n) is 10.7. The second kappa shape index (κ2) is 9.59. The average molecular weight is 490 g/mol. The Hall–Kier alpha value is -4.18. The molecule has 10 heteroatoms. The molecule has 0 saturated carbocycles. The summed E-state index contributed by atoms with van der Waals surface area (Å²) in [6.45, 7) is 0.199.